The Morgan fingerprint density at radius 2 is 1.82 bits per heavy atom. The molecule has 0 saturated heterocycles. The molecule has 11 heavy (non-hydrogen) atoms. The maximum absolute atomic E-state index is 10.7. The summed E-state index contributed by atoms with van der Waals surface area (Å²) < 4.78 is 0. The largest absolute Gasteiger partial charge is 0.502 e. The lowest BCUT2D eigenvalue weighted by Gasteiger charge is -2.14. The van der Waals surface area contributed by atoms with E-state index in [0.717, 1.165) is 0 Å². The summed E-state index contributed by atoms with van der Waals surface area (Å²) in [6.07, 6.45) is 0. The second-order valence-corrected chi connectivity index (χ2v) is 2.39. The van der Waals surface area contributed by atoms with Crippen molar-refractivity contribution in [3.05, 3.63) is 20.4 Å². The molecule has 0 spiro atoms. The van der Waals surface area contributed by atoms with E-state index >= 15 is 0 Å². The Balaban J connectivity index is 2.91. The van der Waals surface area contributed by atoms with Crippen LogP contribution in [0.3, 0.4) is 0 Å². The predicted molar refractivity (Wildman–Crippen MR) is 40.3 cm³/mol. The topological polar surface area (TPSA) is 69.6 Å². The predicted octanol–water partition coefficient (Wildman–Crippen LogP) is -1.12. The highest BCUT2D eigenvalue weighted by Crippen LogP contribution is 2.13. The first-order valence-electron chi connectivity index (χ1n) is 3.00. The van der Waals surface area contributed by atoms with Gasteiger partial charge in [-0.2, -0.15) is 0 Å². The van der Waals surface area contributed by atoms with Crippen LogP contribution in [0.4, 0.5) is 5.69 Å². The molecule has 0 amide bonds. The first-order chi connectivity index (χ1) is 5.04. The minimum absolute atomic E-state index is 0.0278. The average molecular weight is 156 g/mol. The van der Waals surface area contributed by atoms with E-state index < -0.39 is 16.6 Å². The van der Waals surface area contributed by atoms with Gasteiger partial charge in [0.25, 0.3) is 10.9 Å². The molecule has 1 rings (SSSR count). The van der Waals surface area contributed by atoms with Crippen LogP contribution in [0.2, 0.25) is 0 Å². The van der Waals surface area contributed by atoms with Crippen LogP contribution < -0.4 is 16.3 Å². The van der Waals surface area contributed by atoms with Gasteiger partial charge in [0.1, 0.15) is 5.69 Å². The number of nitrogens with zero attached hydrogens (tertiary/aromatic N) is 1. The van der Waals surface area contributed by atoms with Crippen LogP contribution in [-0.4, -0.2) is 24.2 Å². The third-order valence-electron chi connectivity index (χ3n) is 1.22. The molecular formula is C6H8N2O3. The number of nitrogens with one attached hydrogen (secondary N) is 1. The maximum Gasteiger partial charge on any atom is 0.271 e. The molecule has 0 fully saturated rings. The van der Waals surface area contributed by atoms with Crippen LogP contribution in [0.5, 0.6) is 5.75 Å². The van der Waals surface area contributed by atoms with E-state index in [1.807, 2.05) is 0 Å². The van der Waals surface area contributed by atoms with Crippen LogP contribution >= 0.6 is 0 Å². The number of rotatable bonds is 2. The molecule has 0 aliphatic carbocycles. The fourth-order valence-electron chi connectivity index (χ4n) is 0.707. The molecule has 1 aromatic rings. The van der Waals surface area contributed by atoms with Crippen molar-refractivity contribution in [1.82, 2.24) is 5.01 Å². The lowest BCUT2D eigenvalue weighted by molar-refractivity contribution is 0.446. The summed E-state index contributed by atoms with van der Waals surface area (Å²) in [5, 5.41) is 10.3. The van der Waals surface area contributed by atoms with Gasteiger partial charge in [-0.05, 0) is 0 Å². The van der Waals surface area contributed by atoms with Gasteiger partial charge in [0.15, 0.2) is 5.75 Å². The summed E-state index contributed by atoms with van der Waals surface area (Å²) >= 11 is 0. The van der Waals surface area contributed by atoms with Gasteiger partial charge in [-0.1, -0.05) is 0 Å². The molecule has 0 atom stereocenters. The summed E-state index contributed by atoms with van der Waals surface area (Å²) in [5.74, 6) is -0.483. The van der Waals surface area contributed by atoms with E-state index in [0.29, 0.717) is 0 Å². The van der Waals surface area contributed by atoms with Crippen molar-refractivity contribution in [3.63, 3.8) is 0 Å². The minimum Gasteiger partial charge on any atom is -0.502 e. The van der Waals surface area contributed by atoms with Crippen molar-refractivity contribution >= 4 is 5.69 Å². The summed E-state index contributed by atoms with van der Waals surface area (Å²) in [7, 11) is 3.30. The Hall–Kier alpha value is -1.36. The van der Waals surface area contributed by atoms with Gasteiger partial charge in [-0.25, -0.2) is 5.01 Å². The Morgan fingerprint density at radius 1 is 1.27 bits per heavy atom. The van der Waals surface area contributed by atoms with Crippen LogP contribution in [0.25, 0.3) is 0 Å². The molecule has 0 unspecified atom stereocenters. The van der Waals surface area contributed by atoms with E-state index in [2.05, 4.69) is 5.43 Å². The highest BCUT2D eigenvalue weighted by Gasteiger charge is 2.19. The highest BCUT2D eigenvalue weighted by molar-refractivity contribution is 5.60. The van der Waals surface area contributed by atoms with Crippen LogP contribution in [-0.2, 0) is 0 Å². The monoisotopic (exact) mass is 156 g/mol. The second kappa shape index (κ2) is 2.35. The first kappa shape index (κ1) is 7.74. The zero-order valence-corrected chi connectivity index (χ0v) is 6.21. The average Bonchev–Trinajstić information content (AvgIpc) is 1.98. The smallest absolute Gasteiger partial charge is 0.271 e. The molecule has 5 nitrogen and oxygen atoms in total. The fourth-order valence-corrected chi connectivity index (χ4v) is 0.707. The van der Waals surface area contributed by atoms with E-state index in [4.69, 9.17) is 5.11 Å². The van der Waals surface area contributed by atoms with Crippen molar-refractivity contribution in [1.29, 1.82) is 0 Å². The molecule has 2 N–H and O–H groups in total. The standard InChI is InChI=1S/C6H8N2O3/c1-8(2)7-3-4(9)6(11)5(3)10/h7,9H,1-2H3. The Morgan fingerprint density at radius 3 is 2.18 bits per heavy atom. The first-order valence-corrected chi connectivity index (χ1v) is 3.00. The summed E-state index contributed by atoms with van der Waals surface area (Å²) in [5.41, 5.74) is 0.979. The molecule has 0 saturated carbocycles. The Labute approximate surface area is 62.5 Å². The Bertz CT molecular complexity index is 335. The number of hydrogen-bond donors (Lipinski definition) is 2. The lowest BCUT2D eigenvalue weighted by Crippen LogP contribution is -2.36. The number of hydrazine groups is 1. The van der Waals surface area contributed by atoms with Crippen LogP contribution in [0.15, 0.2) is 9.59 Å². The number of aromatic hydroxyl groups is 1. The molecule has 0 aromatic heterocycles. The molecule has 0 aliphatic rings. The SMILES string of the molecule is CN(C)Nc1c(O)c(=O)c1=O. The molecule has 5 heteroatoms. The van der Waals surface area contributed by atoms with Crippen molar-refractivity contribution < 1.29 is 5.11 Å². The summed E-state index contributed by atoms with van der Waals surface area (Å²) in [4.78, 5) is 21.1. The van der Waals surface area contributed by atoms with E-state index in [1.165, 1.54) is 5.01 Å². The zero-order valence-electron chi connectivity index (χ0n) is 6.21. The fraction of sp³-hybridized carbons (Fsp3) is 0.333. The zero-order chi connectivity index (χ0) is 8.59. The van der Waals surface area contributed by atoms with Gasteiger partial charge < -0.3 is 10.5 Å². The van der Waals surface area contributed by atoms with Crippen LogP contribution in [0.1, 0.15) is 0 Å². The molecule has 1 aromatic carbocycles. The molecule has 60 valence electrons. The third-order valence-corrected chi connectivity index (χ3v) is 1.22. The van der Waals surface area contributed by atoms with Crippen molar-refractivity contribution in [2.45, 2.75) is 0 Å². The minimum atomic E-state index is -0.825. The maximum atomic E-state index is 10.7. The van der Waals surface area contributed by atoms with E-state index in [-0.39, 0.29) is 5.69 Å². The number of hydrogen-bond acceptors (Lipinski definition) is 5. The van der Waals surface area contributed by atoms with Gasteiger partial charge in [-0.3, -0.25) is 9.59 Å². The third kappa shape index (κ3) is 1.10. The van der Waals surface area contributed by atoms with Gasteiger partial charge >= 0.3 is 0 Å². The number of anilines is 1. The Kier molecular flexibility index (Phi) is 1.66. The van der Waals surface area contributed by atoms with Crippen LogP contribution in [0, 0.1) is 0 Å². The highest BCUT2D eigenvalue weighted by atomic mass is 16.3. The van der Waals surface area contributed by atoms with Gasteiger partial charge in [0.05, 0.1) is 0 Å². The van der Waals surface area contributed by atoms with Gasteiger partial charge in [0.2, 0.25) is 0 Å². The molecule has 0 heterocycles. The quantitative estimate of drug-likeness (QED) is 0.419. The summed E-state index contributed by atoms with van der Waals surface area (Å²) in [6, 6.07) is 0. The molecular weight excluding hydrogens is 148 g/mol. The molecule has 0 aliphatic heterocycles. The molecule has 0 radical (unpaired) electrons. The summed E-state index contributed by atoms with van der Waals surface area (Å²) in [6.45, 7) is 0. The van der Waals surface area contributed by atoms with Crippen molar-refractivity contribution in [3.8, 4) is 5.75 Å². The second-order valence-electron chi connectivity index (χ2n) is 2.39. The van der Waals surface area contributed by atoms with Crippen molar-refractivity contribution in [2.24, 2.45) is 0 Å². The van der Waals surface area contributed by atoms with E-state index in [1.54, 1.807) is 14.1 Å². The van der Waals surface area contributed by atoms with E-state index in [9.17, 15) is 9.59 Å². The normalized spacial score (nSPS) is 10.8. The van der Waals surface area contributed by atoms with Crippen molar-refractivity contribution in [2.75, 3.05) is 19.5 Å². The molecule has 0 bridgehead atoms. The lowest BCUT2D eigenvalue weighted by atomic mass is 10.2. The van der Waals surface area contributed by atoms with Gasteiger partial charge in [-0.15, -0.1) is 0 Å². The van der Waals surface area contributed by atoms with Gasteiger partial charge in [0, 0.05) is 14.1 Å².